The minimum Gasteiger partial charge on any atom is -0.310 e. The van der Waals surface area contributed by atoms with Crippen molar-refractivity contribution < 1.29 is 0 Å². The minimum absolute atomic E-state index is 0.402. The number of aryl methyl sites for hydroxylation is 2. The second kappa shape index (κ2) is 7.85. The normalized spacial score (nSPS) is 12.9. The zero-order chi connectivity index (χ0) is 13.5. The molecule has 0 aliphatic carbocycles. The zero-order valence-electron chi connectivity index (χ0n) is 12.4. The number of thioether (sulfide) groups is 1. The lowest BCUT2D eigenvalue weighted by molar-refractivity contribution is 0.549. The van der Waals surface area contributed by atoms with Crippen molar-refractivity contribution in [2.75, 3.05) is 18.6 Å². The molecule has 0 spiro atoms. The van der Waals surface area contributed by atoms with Crippen LogP contribution in [0.4, 0.5) is 0 Å². The van der Waals surface area contributed by atoms with Gasteiger partial charge in [0.2, 0.25) is 0 Å². The van der Waals surface area contributed by atoms with Crippen LogP contribution in [-0.2, 0) is 6.54 Å². The first-order valence-electron chi connectivity index (χ1n) is 6.88. The molecule has 0 fully saturated rings. The third-order valence-electron chi connectivity index (χ3n) is 3.40. The molecule has 0 amide bonds. The van der Waals surface area contributed by atoms with Gasteiger partial charge in [0.05, 0.1) is 5.69 Å². The number of unbranched alkanes of at least 4 members (excludes halogenated alkanes) is 1. The number of hydrogen-bond donors (Lipinski definition) is 1. The highest BCUT2D eigenvalue weighted by atomic mass is 32.2. The van der Waals surface area contributed by atoms with Crippen LogP contribution in [0.3, 0.4) is 0 Å². The van der Waals surface area contributed by atoms with Crippen molar-refractivity contribution in [3.05, 3.63) is 17.0 Å². The third-order valence-corrected chi connectivity index (χ3v) is 4.09. The van der Waals surface area contributed by atoms with Crippen LogP contribution in [0.15, 0.2) is 0 Å². The molecule has 1 atom stereocenters. The van der Waals surface area contributed by atoms with Crippen LogP contribution >= 0.6 is 11.8 Å². The summed E-state index contributed by atoms with van der Waals surface area (Å²) < 4.78 is 2.09. The molecular formula is C14H27N3S. The Morgan fingerprint density at radius 2 is 2.06 bits per heavy atom. The Hall–Kier alpha value is -0.480. The maximum absolute atomic E-state index is 4.58. The topological polar surface area (TPSA) is 29.9 Å². The minimum atomic E-state index is 0.402. The molecule has 4 heteroatoms. The van der Waals surface area contributed by atoms with Crippen molar-refractivity contribution >= 4 is 11.8 Å². The number of nitrogens with one attached hydrogen (secondary N) is 1. The van der Waals surface area contributed by atoms with Crippen LogP contribution in [0, 0.1) is 13.8 Å². The lowest BCUT2D eigenvalue weighted by atomic mass is 10.1. The summed E-state index contributed by atoms with van der Waals surface area (Å²) >= 11 is 1.93. The van der Waals surface area contributed by atoms with Gasteiger partial charge in [-0.3, -0.25) is 4.68 Å². The van der Waals surface area contributed by atoms with E-state index >= 15 is 0 Å². The van der Waals surface area contributed by atoms with Crippen molar-refractivity contribution in [2.45, 2.75) is 53.1 Å². The van der Waals surface area contributed by atoms with E-state index in [9.17, 15) is 0 Å². The van der Waals surface area contributed by atoms with E-state index in [2.05, 4.69) is 49.0 Å². The molecule has 1 aromatic rings. The second-order valence-corrected chi connectivity index (χ2v) is 5.76. The highest BCUT2D eigenvalue weighted by molar-refractivity contribution is 7.98. The highest BCUT2D eigenvalue weighted by Gasteiger charge is 2.16. The van der Waals surface area contributed by atoms with Gasteiger partial charge in [-0.05, 0) is 59.1 Å². The van der Waals surface area contributed by atoms with E-state index in [0.717, 1.165) is 13.1 Å². The van der Waals surface area contributed by atoms with Gasteiger partial charge in [0.25, 0.3) is 0 Å². The number of rotatable bonds is 8. The molecule has 0 saturated carbocycles. The molecule has 0 bridgehead atoms. The molecule has 1 N–H and O–H groups in total. The third kappa shape index (κ3) is 4.02. The van der Waals surface area contributed by atoms with Crippen molar-refractivity contribution in [3.8, 4) is 0 Å². The molecule has 0 saturated heterocycles. The molecule has 1 aromatic heterocycles. The van der Waals surface area contributed by atoms with E-state index in [-0.39, 0.29) is 0 Å². The van der Waals surface area contributed by atoms with E-state index in [1.54, 1.807) is 0 Å². The van der Waals surface area contributed by atoms with Crippen LogP contribution in [0.5, 0.6) is 0 Å². The van der Waals surface area contributed by atoms with Gasteiger partial charge in [-0.2, -0.15) is 16.9 Å². The van der Waals surface area contributed by atoms with E-state index in [4.69, 9.17) is 0 Å². The Labute approximate surface area is 116 Å². The summed E-state index contributed by atoms with van der Waals surface area (Å²) in [6.07, 6.45) is 4.72. The molecule has 1 heterocycles. The monoisotopic (exact) mass is 269 g/mol. The molecule has 0 radical (unpaired) electrons. The zero-order valence-corrected chi connectivity index (χ0v) is 13.2. The first kappa shape index (κ1) is 15.6. The molecule has 104 valence electrons. The second-order valence-electron chi connectivity index (χ2n) is 4.78. The molecule has 1 rings (SSSR count). The van der Waals surface area contributed by atoms with Crippen LogP contribution in [0.1, 0.15) is 49.7 Å². The quantitative estimate of drug-likeness (QED) is 0.734. The van der Waals surface area contributed by atoms with Crippen LogP contribution in [-0.4, -0.2) is 28.3 Å². The first-order chi connectivity index (χ1) is 8.61. The van der Waals surface area contributed by atoms with Gasteiger partial charge >= 0.3 is 0 Å². The SMILES string of the molecule is CCn1nc(C)c(C(C)NCCCCSC)c1C. The van der Waals surface area contributed by atoms with Gasteiger partial charge in [0, 0.05) is 23.8 Å². The molecule has 18 heavy (non-hydrogen) atoms. The average Bonchev–Trinajstić information content (AvgIpc) is 2.63. The van der Waals surface area contributed by atoms with Crippen LogP contribution < -0.4 is 5.32 Å². The summed E-state index contributed by atoms with van der Waals surface area (Å²) in [6.45, 7) is 10.7. The fourth-order valence-electron chi connectivity index (χ4n) is 2.44. The van der Waals surface area contributed by atoms with Gasteiger partial charge in [-0.25, -0.2) is 0 Å². The Balaban J connectivity index is 2.51. The van der Waals surface area contributed by atoms with Crippen molar-refractivity contribution in [3.63, 3.8) is 0 Å². The van der Waals surface area contributed by atoms with Gasteiger partial charge in [0.1, 0.15) is 0 Å². The average molecular weight is 269 g/mol. The van der Waals surface area contributed by atoms with Gasteiger partial charge in [0.15, 0.2) is 0 Å². The summed E-state index contributed by atoms with van der Waals surface area (Å²) in [5.74, 6) is 1.27. The van der Waals surface area contributed by atoms with Gasteiger partial charge < -0.3 is 5.32 Å². The Bertz CT molecular complexity index is 360. The van der Waals surface area contributed by atoms with Crippen molar-refractivity contribution in [1.29, 1.82) is 0 Å². The number of nitrogens with zero attached hydrogens (tertiary/aromatic N) is 2. The lowest BCUT2D eigenvalue weighted by Crippen LogP contribution is -2.21. The van der Waals surface area contributed by atoms with Gasteiger partial charge in [-0.15, -0.1) is 0 Å². The molecule has 0 aromatic carbocycles. The number of aromatic nitrogens is 2. The lowest BCUT2D eigenvalue weighted by Gasteiger charge is -2.14. The van der Waals surface area contributed by atoms with E-state index in [1.807, 2.05) is 11.8 Å². The summed E-state index contributed by atoms with van der Waals surface area (Å²) in [5.41, 5.74) is 3.85. The van der Waals surface area contributed by atoms with E-state index in [0.29, 0.717) is 6.04 Å². The van der Waals surface area contributed by atoms with Crippen molar-refractivity contribution in [2.24, 2.45) is 0 Å². The fourth-order valence-corrected chi connectivity index (χ4v) is 2.93. The molecule has 0 aliphatic rings. The molecule has 3 nitrogen and oxygen atoms in total. The summed E-state index contributed by atoms with van der Waals surface area (Å²) in [5, 5.41) is 8.20. The Morgan fingerprint density at radius 1 is 1.33 bits per heavy atom. The maximum atomic E-state index is 4.58. The smallest absolute Gasteiger partial charge is 0.0644 e. The fraction of sp³-hybridized carbons (Fsp3) is 0.786. The predicted molar refractivity (Wildman–Crippen MR) is 81.4 cm³/mol. The summed E-state index contributed by atoms with van der Waals surface area (Å²) in [7, 11) is 0. The molecule has 1 unspecified atom stereocenters. The standard InChI is InChI=1S/C14H27N3S/c1-6-17-13(4)14(12(3)16-17)11(2)15-9-7-8-10-18-5/h11,15H,6-10H2,1-5H3. The van der Waals surface area contributed by atoms with Crippen LogP contribution in [0.2, 0.25) is 0 Å². The van der Waals surface area contributed by atoms with Crippen molar-refractivity contribution in [1.82, 2.24) is 15.1 Å². The first-order valence-corrected chi connectivity index (χ1v) is 8.27. The predicted octanol–water partition coefficient (Wildman–Crippen LogP) is 3.31. The summed E-state index contributed by atoms with van der Waals surface area (Å²) in [6, 6.07) is 0.402. The summed E-state index contributed by atoms with van der Waals surface area (Å²) in [4.78, 5) is 0. The van der Waals surface area contributed by atoms with E-state index < -0.39 is 0 Å². The highest BCUT2D eigenvalue weighted by Crippen LogP contribution is 2.21. The molecular weight excluding hydrogens is 242 g/mol. The maximum Gasteiger partial charge on any atom is 0.0644 e. The van der Waals surface area contributed by atoms with Crippen LogP contribution in [0.25, 0.3) is 0 Å². The Morgan fingerprint density at radius 3 is 2.61 bits per heavy atom. The van der Waals surface area contributed by atoms with Gasteiger partial charge in [-0.1, -0.05) is 0 Å². The molecule has 0 aliphatic heterocycles. The number of hydrogen-bond acceptors (Lipinski definition) is 3. The Kier molecular flexibility index (Phi) is 6.79. The largest absolute Gasteiger partial charge is 0.310 e. The van der Waals surface area contributed by atoms with E-state index in [1.165, 1.54) is 35.5 Å².